The summed E-state index contributed by atoms with van der Waals surface area (Å²) in [6.45, 7) is 5.88. The van der Waals surface area contributed by atoms with Crippen LogP contribution in [0.1, 0.15) is 86.0 Å². The molecule has 2 saturated heterocycles. The van der Waals surface area contributed by atoms with E-state index in [2.05, 4.69) is 55.5 Å². The SMILES string of the molecule is CC[C@@H]1c2c(cnn2C2CN(Cc3coc(C(=O)N4CCCC4)n3)C2)-c2cccc(NC(/C=C(\N)NC(=O)C3CC3)=C(/N)C(=O)NC3CC3)c2N1C. The molecule has 2 aliphatic carbocycles. The normalized spacial score (nSPS) is 20.9. The zero-order valence-electron chi connectivity index (χ0n) is 29.7. The van der Waals surface area contributed by atoms with Crippen molar-refractivity contribution < 1.29 is 18.8 Å². The lowest BCUT2D eigenvalue weighted by molar-refractivity contribution is -0.121. The molecule has 2 aromatic heterocycles. The van der Waals surface area contributed by atoms with E-state index >= 15 is 0 Å². The van der Waals surface area contributed by atoms with Crippen LogP contribution >= 0.6 is 0 Å². The third kappa shape index (κ3) is 6.60. The zero-order chi connectivity index (χ0) is 36.1. The van der Waals surface area contributed by atoms with E-state index < -0.39 is 0 Å². The van der Waals surface area contributed by atoms with Gasteiger partial charge in [-0.1, -0.05) is 19.1 Å². The smallest absolute Gasteiger partial charge is 0.309 e. The molecule has 0 bridgehead atoms. The Bertz CT molecular complexity index is 1940. The van der Waals surface area contributed by atoms with Crippen LogP contribution < -0.4 is 32.3 Å². The van der Waals surface area contributed by atoms with Crippen molar-refractivity contribution in [2.45, 2.75) is 76.5 Å². The van der Waals surface area contributed by atoms with E-state index in [1.54, 1.807) is 11.2 Å². The van der Waals surface area contributed by atoms with Crippen molar-refractivity contribution in [3.05, 3.63) is 71.2 Å². The Morgan fingerprint density at radius 2 is 1.83 bits per heavy atom. The first-order valence-electron chi connectivity index (χ1n) is 18.4. The first kappa shape index (κ1) is 33.8. The molecular weight excluding hydrogens is 662 g/mol. The number of para-hydroxylation sites is 1. The first-order valence-corrected chi connectivity index (χ1v) is 18.4. The fourth-order valence-corrected chi connectivity index (χ4v) is 7.56. The van der Waals surface area contributed by atoms with Gasteiger partial charge in [-0.15, -0.1) is 0 Å². The highest BCUT2D eigenvalue weighted by Gasteiger charge is 2.38. The number of nitrogens with two attached hydrogens (primary N) is 2. The maximum Gasteiger partial charge on any atom is 0.309 e. The molecule has 0 radical (unpaired) electrons. The minimum atomic E-state index is -0.384. The fraction of sp³-hybridized carbons (Fsp3) is 0.486. The number of fused-ring (bicyclic) bond motifs is 3. The van der Waals surface area contributed by atoms with Crippen LogP contribution in [0.4, 0.5) is 11.4 Å². The van der Waals surface area contributed by atoms with Crippen molar-refractivity contribution in [3.63, 3.8) is 0 Å². The number of allylic oxidation sites excluding steroid dienone is 1. The second kappa shape index (κ2) is 13.7. The Morgan fingerprint density at radius 1 is 1.06 bits per heavy atom. The number of carbonyl (C=O) groups excluding carboxylic acids is 3. The number of aromatic nitrogens is 3. The molecule has 3 aliphatic heterocycles. The summed E-state index contributed by atoms with van der Waals surface area (Å²) in [5, 5.41) is 14.1. The van der Waals surface area contributed by atoms with Gasteiger partial charge in [0.2, 0.25) is 5.91 Å². The average molecular weight is 710 g/mol. The highest BCUT2D eigenvalue weighted by Crippen LogP contribution is 2.49. The van der Waals surface area contributed by atoms with Gasteiger partial charge in [-0.2, -0.15) is 5.10 Å². The minimum Gasteiger partial charge on any atom is -0.441 e. The standard InChI is InChI=1S/C37H47N11O4/c1-3-29-33-26(16-40-48(33)24-18-46(19-24)17-23-20-52-36(42-23)37(51)47-13-4-5-14-47)25-7-6-8-27(32(25)45(29)2)43-28(31(39)35(50)41-22-11-12-22)15-30(38)44-34(49)21-9-10-21/h6-8,15-16,20-22,24,29,43H,3-5,9-14,17-19,38-39H2,1-2H3,(H,41,50)(H,44,49)/b30-15+,31-28+/t29-/m1/s1. The largest absolute Gasteiger partial charge is 0.441 e. The summed E-state index contributed by atoms with van der Waals surface area (Å²) in [6, 6.07) is 6.33. The van der Waals surface area contributed by atoms with Crippen LogP contribution in [0, 0.1) is 5.92 Å². The van der Waals surface area contributed by atoms with Gasteiger partial charge >= 0.3 is 5.91 Å². The van der Waals surface area contributed by atoms with Crippen molar-refractivity contribution >= 4 is 29.1 Å². The summed E-state index contributed by atoms with van der Waals surface area (Å²) < 4.78 is 7.73. The van der Waals surface area contributed by atoms with E-state index in [1.807, 2.05) is 18.3 Å². The second-order valence-corrected chi connectivity index (χ2v) is 14.7. The predicted octanol–water partition coefficient (Wildman–Crippen LogP) is 2.92. The van der Waals surface area contributed by atoms with Gasteiger partial charge in [0.05, 0.1) is 46.7 Å². The highest BCUT2D eigenvalue weighted by atomic mass is 16.4. The molecule has 4 fully saturated rings. The molecule has 2 saturated carbocycles. The number of amides is 3. The number of anilines is 2. The number of nitrogens with zero attached hydrogens (tertiary/aromatic N) is 6. The number of benzene rings is 1. The summed E-state index contributed by atoms with van der Waals surface area (Å²) in [5.41, 5.74) is 18.7. The van der Waals surface area contributed by atoms with Gasteiger partial charge in [0, 0.05) is 68.9 Å². The lowest BCUT2D eigenvalue weighted by Gasteiger charge is -2.42. The molecule has 15 heteroatoms. The van der Waals surface area contributed by atoms with E-state index in [-0.39, 0.29) is 59.2 Å². The van der Waals surface area contributed by atoms with E-state index in [0.29, 0.717) is 12.2 Å². The van der Waals surface area contributed by atoms with Gasteiger partial charge in [0.25, 0.3) is 11.8 Å². The molecule has 15 nitrogen and oxygen atoms in total. The van der Waals surface area contributed by atoms with Crippen LogP contribution in [-0.4, -0.2) is 81.6 Å². The van der Waals surface area contributed by atoms with Crippen LogP contribution in [0.5, 0.6) is 0 Å². The zero-order valence-corrected chi connectivity index (χ0v) is 29.7. The second-order valence-electron chi connectivity index (χ2n) is 14.7. The molecule has 52 heavy (non-hydrogen) atoms. The van der Waals surface area contributed by atoms with Gasteiger partial charge < -0.3 is 41.6 Å². The number of rotatable bonds is 12. The number of nitrogens with one attached hydrogen (secondary N) is 3. The molecule has 1 aromatic carbocycles. The first-order chi connectivity index (χ1) is 25.2. The van der Waals surface area contributed by atoms with Gasteiger partial charge in [0.1, 0.15) is 17.8 Å². The van der Waals surface area contributed by atoms with Crippen LogP contribution in [0.15, 0.2) is 58.4 Å². The quantitative estimate of drug-likeness (QED) is 0.137. The predicted molar refractivity (Wildman–Crippen MR) is 194 cm³/mol. The van der Waals surface area contributed by atoms with E-state index in [4.69, 9.17) is 21.0 Å². The van der Waals surface area contributed by atoms with Crippen LogP contribution in [0.2, 0.25) is 0 Å². The highest BCUT2D eigenvalue weighted by molar-refractivity contribution is 5.96. The Hall–Kier alpha value is -5.31. The summed E-state index contributed by atoms with van der Waals surface area (Å²) in [5.74, 6) is -0.390. The van der Waals surface area contributed by atoms with Crippen LogP contribution in [-0.2, 0) is 16.1 Å². The molecule has 0 spiro atoms. The molecular formula is C37H47N11O4. The molecule has 274 valence electrons. The topological polar surface area (TPSA) is 193 Å². The van der Waals surface area contributed by atoms with Crippen molar-refractivity contribution in [2.75, 3.05) is 43.4 Å². The van der Waals surface area contributed by atoms with Gasteiger partial charge in [-0.05, 0) is 51.0 Å². The van der Waals surface area contributed by atoms with Crippen molar-refractivity contribution in [1.82, 2.24) is 35.2 Å². The number of hydrogen-bond donors (Lipinski definition) is 5. The molecule has 8 rings (SSSR count). The molecule has 3 amide bonds. The summed E-state index contributed by atoms with van der Waals surface area (Å²) >= 11 is 0. The Balaban J connectivity index is 1.02. The van der Waals surface area contributed by atoms with Crippen LogP contribution in [0.25, 0.3) is 11.1 Å². The maximum atomic E-state index is 13.1. The molecule has 1 atom stereocenters. The third-order valence-corrected chi connectivity index (χ3v) is 10.7. The summed E-state index contributed by atoms with van der Waals surface area (Å²) in [4.78, 5) is 49.1. The Kier molecular flexibility index (Phi) is 8.89. The Morgan fingerprint density at radius 3 is 2.54 bits per heavy atom. The van der Waals surface area contributed by atoms with Crippen molar-refractivity contribution in [3.8, 4) is 11.1 Å². The number of carbonyl (C=O) groups is 3. The third-order valence-electron chi connectivity index (χ3n) is 10.7. The summed E-state index contributed by atoms with van der Waals surface area (Å²) in [6.07, 6.45) is 11.5. The molecule has 5 aliphatic rings. The maximum absolute atomic E-state index is 13.1. The average Bonchev–Trinajstić information content (AvgIpc) is 3.96. The van der Waals surface area contributed by atoms with Crippen molar-refractivity contribution in [2.24, 2.45) is 17.4 Å². The lowest BCUT2D eigenvalue weighted by Crippen LogP contribution is -2.48. The summed E-state index contributed by atoms with van der Waals surface area (Å²) in [7, 11) is 2.07. The number of likely N-dealkylation sites (tertiary alicyclic amines) is 2. The Labute approximate surface area is 302 Å². The monoisotopic (exact) mass is 709 g/mol. The van der Waals surface area contributed by atoms with E-state index in [9.17, 15) is 14.4 Å². The molecule has 7 N–H and O–H groups in total. The van der Waals surface area contributed by atoms with Gasteiger partial charge in [-0.25, -0.2) is 4.98 Å². The van der Waals surface area contributed by atoms with E-state index in [0.717, 1.165) is 105 Å². The number of hydrogen-bond acceptors (Lipinski definition) is 11. The molecule has 5 heterocycles. The molecule has 3 aromatic rings. The molecule has 0 unspecified atom stereocenters. The van der Waals surface area contributed by atoms with Crippen LogP contribution in [0.3, 0.4) is 0 Å². The van der Waals surface area contributed by atoms with Crippen molar-refractivity contribution in [1.29, 1.82) is 0 Å². The fourth-order valence-electron chi connectivity index (χ4n) is 7.56. The number of oxazole rings is 1. The van der Waals surface area contributed by atoms with Gasteiger partial charge in [-0.3, -0.25) is 24.0 Å². The van der Waals surface area contributed by atoms with Gasteiger partial charge in [0.15, 0.2) is 0 Å². The van der Waals surface area contributed by atoms with E-state index in [1.165, 1.54) is 6.08 Å². The lowest BCUT2D eigenvalue weighted by atomic mass is 9.91. The minimum absolute atomic E-state index is 0.0123.